The van der Waals surface area contributed by atoms with E-state index in [1.807, 2.05) is 0 Å². The van der Waals surface area contributed by atoms with Crippen molar-refractivity contribution in [2.45, 2.75) is 24.9 Å². The lowest BCUT2D eigenvalue weighted by Crippen LogP contribution is -2.41. The number of carbonyl (C=O) groups is 1. The Morgan fingerprint density at radius 1 is 1.19 bits per heavy atom. The predicted octanol–water partition coefficient (Wildman–Crippen LogP) is 2.29. The summed E-state index contributed by atoms with van der Waals surface area (Å²) < 4.78 is 73.2. The molecule has 1 aromatic carbocycles. The van der Waals surface area contributed by atoms with E-state index in [0.29, 0.717) is 0 Å². The normalized spacial score (nSPS) is 13.9. The maximum Gasteiger partial charge on any atom is 0.416 e. The van der Waals surface area contributed by atoms with Crippen molar-refractivity contribution in [3.8, 4) is 0 Å². The molecular weight excluding hydrogens is 304 g/mol. The second-order valence-corrected chi connectivity index (χ2v) is 4.24. The third-order valence-electron chi connectivity index (χ3n) is 2.49. The molecule has 1 atom stereocenters. The largest absolute Gasteiger partial charge is 0.416 e. The SMILES string of the molecule is O=C(Cc1cccc(C(F)(F)F)c1)NCC(O)C(F)(F)F. The van der Waals surface area contributed by atoms with Crippen LogP contribution in [0.4, 0.5) is 26.3 Å². The van der Waals surface area contributed by atoms with Crippen molar-refractivity contribution in [1.29, 1.82) is 0 Å². The number of amides is 1. The summed E-state index contributed by atoms with van der Waals surface area (Å²) in [5.41, 5.74) is -0.952. The lowest BCUT2D eigenvalue weighted by Gasteiger charge is -2.15. The van der Waals surface area contributed by atoms with Gasteiger partial charge in [-0.3, -0.25) is 4.79 Å². The van der Waals surface area contributed by atoms with Gasteiger partial charge in [0, 0.05) is 0 Å². The van der Waals surface area contributed by atoms with E-state index in [4.69, 9.17) is 5.11 Å². The van der Waals surface area contributed by atoms with Crippen LogP contribution in [0.5, 0.6) is 0 Å². The van der Waals surface area contributed by atoms with Crippen molar-refractivity contribution >= 4 is 5.91 Å². The fraction of sp³-hybridized carbons (Fsp3) is 0.417. The number of hydrogen-bond donors (Lipinski definition) is 2. The molecule has 0 aliphatic heterocycles. The minimum atomic E-state index is -4.87. The fourth-order valence-electron chi connectivity index (χ4n) is 1.43. The number of benzene rings is 1. The van der Waals surface area contributed by atoms with Gasteiger partial charge in [0.05, 0.1) is 18.5 Å². The van der Waals surface area contributed by atoms with Crippen LogP contribution in [0, 0.1) is 0 Å². The van der Waals surface area contributed by atoms with E-state index in [2.05, 4.69) is 0 Å². The van der Waals surface area contributed by atoms with Gasteiger partial charge < -0.3 is 10.4 Å². The molecule has 9 heteroatoms. The lowest BCUT2D eigenvalue weighted by atomic mass is 10.1. The van der Waals surface area contributed by atoms with E-state index >= 15 is 0 Å². The summed E-state index contributed by atoms with van der Waals surface area (Å²) in [5.74, 6) is -0.919. The molecule has 0 saturated carbocycles. The van der Waals surface area contributed by atoms with Crippen LogP contribution in [-0.2, 0) is 17.4 Å². The molecule has 0 saturated heterocycles. The minimum absolute atomic E-state index is 0.00354. The molecule has 0 fully saturated rings. The molecule has 0 spiro atoms. The lowest BCUT2D eigenvalue weighted by molar-refractivity contribution is -0.201. The highest BCUT2D eigenvalue weighted by molar-refractivity contribution is 5.78. The highest BCUT2D eigenvalue weighted by Crippen LogP contribution is 2.29. The van der Waals surface area contributed by atoms with Gasteiger partial charge in [-0.2, -0.15) is 26.3 Å². The molecule has 2 N–H and O–H groups in total. The summed E-state index contributed by atoms with van der Waals surface area (Å²) >= 11 is 0. The topological polar surface area (TPSA) is 49.3 Å². The van der Waals surface area contributed by atoms with E-state index in [-0.39, 0.29) is 5.56 Å². The monoisotopic (exact) mass is 315 g/mol. The molecule has 21 heavy (non-hydrogen) atoms. The van der Waals surface area contributed by atoms with Crippen LogP contribution in [0.1, 0.15) is 11.1 Å². The Labute approximate surface area is 115 Å². The van der Waals surface area contributed by atoms with Crippen LogP contribution >= 0.6 is 0 Å². The van der Waals surface area contributed by atoms with E-state index < -0.39 is 42.9 Å². The molecule has 1 amide bonds. The molecule has 1 rings (SSSR count). The van der Waals surface area contributed by atoms with Gasteiger partial charge in [-0.05, 0) is 11.6 Å². The Bertz CT molecular complexity index is 497. The van der Waals surface area contributed by atoms with Gasteiger partial charge >= 0.3 is 12.4 Å². The van der Waals surface area contributed by atoms with Crippen LogP contribution in [0.2, 0.25) is 0 Å². The van der Waals surface area contributed by atoms with Gasteiger partial charge in [0.25, 0.3) is 0 Å². The van der Waals surface area contributed by atoms with Crippen LogP contribution in [0.25, 0.3) is 0 Å². The number of rotatable bonds is 4. The molecule has 0 heterocycles. The highest BCUT2D eigenvalue weighted by Gasteiger charge is 2.38. The summed E-state index contributed by atoms with van der Waals surface area (Å²) in [6.07, 6.45) is -12.7. The maximum atomic E-state index is 12.4. The summed E-state index contributed by atoms with van der Waals surface area (Å²) in [6, 6.07) is 3.89. The van der Waals surface area contributed by atoms with Gasteiger partial charge in [0.15, 0.2) is 6.10 Å². The minimum Gasteiger partial charge on any atom is -0.382 e. The molecule has 0 bridgehead atoms. The van der Waals surface area contributed by atoms with Gasteiger partial charge in [0.1, 0.15) is 0 Å². The first-order valence-corrected chi connectivity index (χ1v) is 5.68. The number of nitrogens with one attached hydrogen (secondary N) is 1. The van der Waals surface area contributed by atoms with Crippen LogP contribution in [0.3, 0.4) is 0 Å². The molecular formula is C12H11F6NO2. The Balaban J connectivity index is 2.60. The molecule has 0 radical (unpaired) electrons. The van der Waals surface area contributed by atoms with E-state index in [0.717, 1.165) is 18.2 Å². The third-order valence-corrected chi connectivity index (χ3v) is 2.49. The van der Waals surface area contributed by atoms with Crippen molar-refractivity contribution < 1.29 is 36.2 Å². The van der Waals surface area contributed by atoms with Crippen molar-refractivity contribution in [1.82, 2.24) is 5.32 Å². The van der Waals surface area contributed by atoms with E-state index in [1.165, 1.54) is 6.07 Å². The van der Waals surface area contributed by atoms with Gasteiger partial charge in [-0.1, -0.05) is 18.2 Å². The zero-order valence-electron chi connectivity index (χ0n) is 10.4. The van der Waals surface area contributed by atoms with Crippen LogP contribution < -0.4 is 5.32 Å². The Kier molecular flexibility index (Phi) is 5.21. The second-order valence-electron chi connectivity index (χ2n) is 4.24. The van der Waals surface area contributed by atoms with Gasteiger partial charge in [0.2, 0.25) is 5.91 Å². The predicted molar refractivity (Wildman–Crippen MR) is 60.2 cm³/mol. The first kappa shape index (κ1) is 17.3. The molecule has 0 aliphatic carbocycles. The van der Waals surface area contributed by atoms with E-state index in [9.17, 15) is 31.1 Å². The Morgan fingerprint density at radius 2 is 1.81 bits per heavy atom. The molecule has 118 valence electrons. The standard InChI is InChI=1S/C12H11F6NO2/c13-11(14,15)8-3-1-2-7(4-8)5-10(21)19-6-9(20)12(16,17)18/h1-4,9,20H,5-6H2,(H,19,21). The van der Waals surface area contributed by atoms with E-state index in [1.54, 1.807) is 5.32 Å². The average molecular weight is 315 g/mol. The number of aliphatic hydroxyl groups excluding tert-OH is 1. The first-order chi connectivity index (χ1) is 9.50. The fourth-order valence-corrected chi connectivity index (χ4v) is 1.43. The molecule has 0 aliphatic rings. The summed E-state index contributed by atoms with van der Waals surface area (Å²) in [4.78, 5) is 11.3. The first-order valence-electron chi connectivity index (χ1n) is 5.68. The van der Waals surface area contributed by atoms with Crippen molar-refractivity contribution in [3.63, 3.8) is 0 Å². The quantitative estimate of drug-likeness (QED) is 0.838. The van der Waals surface area contributed by atoms with Gasteiger partial charge in [-0.15, -0.1) is 0 Å². The molecule has 1 aromatic rings. The van der Waals surface area contributed by atoms with Crippen molar-refractivity contribution in [3.05, 3.63) is 35.4 Å². The zero-order valence-corrected chi connectivity index (χ0v) is 10.4. The zero-order chi connectivity index (χ0) is 16.3. The Hall–Kier alpha value is -1.77. The number of halogens is 6. The molecule has 3 nitrogen and oxygen atoms in total. The number of aliphatic hydroxyl groups is 1. The number of carbonyl (C=O) groups excluding carboxylic acids is 1. The van der Waals surface area contributed by atoms with Gasteiger partial charge in [-0.25, -0.2) is 0 Å². The number of hydrogen-bond acceptors (Lipinski definition) is 2. The van der Waals surface area contributed by atoms with Crippen LogP contribution in [-0.4, -0.2) is 29.8 Å². The smallest absolute Gasteiger partial charge is 0.382 e. The average Bonchev–Trinajstić information content (AvgIpc) is 2.34. The van der Waals surface area contributed by atoms with Crippen LogP contribution in [0.15, 0.2) is 24.3 Å². The molecule has 1 unspecified atom stereocenters. The Morgan fingerprint density at radius 3 is 2.33 bits per heavy atom. The highest BCUT2D eigenvalue weighted by atomic mass is 19.4. The number of alkyl halides is 6. The van der Waals surface area contributed by atoms with Crippen molar-refractivity contribution in [2.24, 2.45) is 0 Å². The maximum absolute atomic E-state index is 12.4. The van der Waals surface area contributed by atoms with Crippen molar-refractivity contribution in [2.75, 3.05) is 6.54 Å². The summed E-state index contributed by atoms with van der Waals surface area (Å²) in [5, 5.41) is 10.5. The summed E-state index contributed by atoms with van der Waals surface area (Å²) in [6.45, 7) is -1.05. The molecule has 0 aromatic heterocycles. The summed E-state index contributed by atoms with van der Waals surface area (Å²) in [7, 11) is 0. The third kappa shape index (κ3) is 5.62. The second kappa shape index (κ2) is 6.33.